The molecule has 3 heterocycles. The first-order chi connectivity index (χ1) is 18.8. The van der Waals surface area contributed by atoms with E-state index < -0.39 is 20.0 Å². The molecule has 0 unspecified atom stereocenters. The van der Waals surface area contributed by atoms with Crippen molar-refractivity contribution in [1.29, 1.82) is 0 Å². The van der Waals surface area contributed by atoms with Crippen LogP contribution in [0.4, 0.5) is 11.4 Å². The van der Waals surface area contributed by atoms with Crippen LogP contribution in [-0.4, -0.2) is 26.8 Å². The van der Waals surface area contributed by atoms with Crippen molar-refractivity contribution in [3.8, 4) is 11.1 Å². The molecule has 194 valence electrons. The van der Waals surface area contributed by atoms with Gasteiger partial charge < -0.3 is 0 Å². The van der Waals surface area contributed by atoms with Crippen molar-refractivity contribution in [2.45, 2.75) is 9.10 Å². The number of fused-ring (bicyclic) bond motifs is 2. The Kier molecular flexibility index (Phi) is 6.26. The van der Waals surface area contributed by atoms with Crippen molar-refractivity contribution in [3.05, 3.63) is 109 Å². The summed E-state index contributed by atoms with van der Waals surface area (Å²) in [5.41, 5.74) is 3.20. The maximum absolute atomic E-state index is 13.2. The van der Waals surface area contributed by atoms with E-state index in [1.54, 1.807) is 66.3 Å². The number of hydrogen-bond acceptors (Lipinski definition) is 7. The van der Waals surface area contributed by atoms with Gasteiger partial charge in [0.2, 0.25) is 0 Å². The van der Waals surface area contributed by atoms with Crippen LogP contribution in [0, 0.1) is 0 Å². The SMILES string of the molecule is O=S(=O)(Nc1cccc2cccnc12)c1ccc(-c2cc(NS(=O)(=O)c3cccs3)c3ncccc3c2)cc1. The molecule has 0 bridgehead atoms. The Balaban J connectivity index is 1.34. The van der Waals surface area contributed by atoms with Crippen LogP contribution in [-0.2, 0) is 20.0 Å². The van der Waals surface area contributed by atoms with Gasteiger partial charge in [0.15, 0.2) is 0 Å². The van der Waals surface area contributed by atoms with Crippen molar-refractivity contribution in [1.82, 2.24) is 9.97 Å². The molecule has 6 aromatic rings. The van der Waals surface area contributed by atoms with E-state index in [-0.39, 0.29) is 9.10 Å². The van der Waals surface area contributed by atoms with Crippen LogP contribution < -0.4 is 9.44 Å². The molecule has 3 aromatic heterocycles. The third-order valence-corrected chi connectivity index (χ3v) is 10.2. The maximum atomic E-state index is 13.2. The normalized spacial score (nSPS) is 12.0. The van der Waals surface area contributed by atoms with Gasteiger partial charge in [0.05, 0.1) is 27.3 Å². The number of nitrogens with zero attached hydrogens (tertiary/aromatic N) is 2. The largest absolute Gasteiger partial charge is 0.277 e. The molecule has 0 saturated carbocycles. The minimum absolute atomic E-state index is 0.0836. The van der Waals surface area contributed by atoms with E-state index in [0.29, 0.717) is 33.5 Å². The highest BCUT2D eigenvalue weighted by Gasteiger charge is 2.19. The first-order valence-electron chi connectivity index (χ1n) is 11.7. The van der Waals surface area contributed by atoms with Crippen LogP contribution in [0.3, 0.4) is 0 Å². The van der Waals surface area contributed by atoms with Crippen molar-refractivity contribution >= 4 is 64.6 Å². The summed E-state index contributed by atoms with van der Waals surface area (Å²) >= 11 is 1.12. The number of nitrogens with one attached hydrogen (secondary N) is 2. The number of anilines is 2. The predicted octanol–water partition coefficient (Wildman–Crippen LogP) is 6.11. The number of aromatic nitrogens is 2. The Morgan fingerprint density at radius 2 is 1.26 bits per heavy atom. The van der Waals surface area contributed by atoms with E-state index >= 15 is 0 Å². The van der Waals surface area contributed by atoms with E-state index in [4.69, 9.17) is 0 Å². The van der Waals surface area contributed by atoms with Gasteiger partial charge in [-0.15, -0.1) is 11.3 Å². The lowest BCUT2D eigenvalue weighted by Gasteiger charge is -2.13. The fraction of sp³-hybridized carbons (Fsp3) is 0. The van der Waals surface area contributed by atoms with Gasteiger partial charge in [0.1, 0.15) is 4.21 Å². The van der Waals surface area contributed by atoms with Gasteiger partial charge in [0, 0.05) is 23.2 Å². The Labute approximate surface area is 229 Å². The Bertz CT molecular complexity index is 2040. The lowest BCUT2D eigenvalue weighted by molar-refractivity contribution is 0.600. The molecule has 39 heavy (non-hydrogen) atoms. The third kappa shape index (κ3) is 4.94. The summed E-state index contributed by atoms with van der Waals surface area (Å²) in [6, 6.07) is 25.8. The van der Waals surface area contributed by atoms with Gasteiger partial charge in [-0.2, -0.15) is 0 Å². The smallest absolute Gasteiger partial charge is 0.271 e. The third-order valence-electron chi connectivity index (χ3n) is 6.08. The highest BCUT2D eigenvalue weighted by atomic mass is 32.2. The number of para-hydroxylation sites is 1. The predicted molar refractivity (Wildman–Crippen MR) is 155 cm³/mol. The first-order valence-corrected chi connectivity index (χ1v) is 15.6. The van der Waals surface area contributed by atoms with Crippen LogP contribution in [0.25, 0.3) is 32.9 Å². The molecular formula is C28H20N4O4S3. The summed E-state index contributed by atoms with van der Waals surface area (Å²) in [5.74, 6) is 0. The van der Waals surface area contributed by atoms with Crippen molar-refractivity contribution in [2.75, 3.05) is 9.44 Å². The topological polar surface area (TPSA) is 118 Å². The molecule has 0 radical (unpaired) electrons. The summed E-state index contributed by atoms with van der Waals surface area (Å²) in [5, 5.41) is 3.26. The summed E-state index contributed by atoms with van der Waals surface area (Å²) in [7, 11) is -7.68. The average molecular weight is 573 g/mol. The molecule has 0 aliphatic heterocycles. The molecular weight excluding hydrogens is 553 g/mol. The zero-order valence-corrected chi connectivity index (χ0v) is 22.6. The first kappa shape index (κ1) is 25.0. The molecule has 0 saturated heterocycles. The molecule has 0 spiro atoms. The van der Waals surface area contributed by atoms with E-state index in [1.807, 2.05) is 24.3 Å². The zero-order valence-electron chi connectivity index (χ0n) is 20.1. The Morgan fingerprint density at radius 3 is 1.97 bits per heavy atom. The number of hydrogen-bond donors (Lipinski definition) is 2. The minimum atomic E-state index is -3.89. The van der Waals surface area contributed by atoms with E-state index in [1.165, 1.54) is 18.2 Å². The van der Waals surface area contributed by atoms with Gasteiger partial charge in [-0.3, -0.25) is 19.4 Å². The van der Waals surface area contributed by atoms with Crippen molar-refractivity contribution in [3.63, 3.8) is 0 Å². The molecule has 3 aromatic carbocycles. The molecule has 2 N–H and O–H groups in total. The quantitative estimate of drug-likeness (QED) is 0.238. The van der Waals surface area contributed by atoms with Gasteiger partial charge in [-0.1, -0.05) is 42.5 Å². The summed E-state index contributed by atoms with van der Waals surface area (Å²) in [6.45, 7) is 0. The second-order valence-electron chi connectivity index (χ2n) is 8.65. The van der Waals surface area contributed by atoms with Gasteiger partial charge in [-0.25, -0.2) is 16.8 Å². The molecule has 0 fully saturated rings. The van der Waals surface area contributed by atoms with E-state index in [0.717, 1.165) is 22.1 Å². The minimum Gasteiger partial charge on any atom is -0.277 e. The summed E-state index contributed by atoms with van der Waals surface area (Å²) in [6.07, 6.45) is 3.21. The average Bonchev–Trinajstić information content (AvgIpc) is 3.50. The monoisotopic (exact) mass is 572 g/mol. The van der Waals surface area contributed by atoms with Gasteiger partial charge >= 0.3 is 0 Å². The van der Waals surface area contributed by atoms with Crippen LogP contribution in [0.2, 0.25) is 0 Å². The number of thiophene rings is 1. The second kappa shape index (κ2) is 9.77. The molecule has 8 nitrogen and oxygen atoms in total. The fourth-order valence-electron chi connectivity index (χ4n) is 4.27. The Hall–Kier alpha value is -4.32. The fourth-order valence-corrected chi connectivity index (χ4v) is 7.38. The van der Waals surface area contributed by atoms with Crippen LogP contribution in [0.1, 0.15) is 0 Å². The highest BCUT2D eigenvalue weighted by Crippen LogP contribution is 2.33. The van der Waals surface area contributed by atoms with Gasteiger partial charge in [0.25, 0.3) is 20.0 Å². The number of rotatable bonds is 7. The number of benzene rings is 3. The molecule has 0 amide bonds. The second-order valence-corrected chi connectivity index (χ2v) is 13.2. The molecule has 6 rings (SSSR count). The molecule has 0 aliphatic rings. The summed E-state index contributed by atoms with van der Waals surface area (Å²) < 4.78 is 57.7. The molecule has 11 heteroatoms. The van der Waals surface area contributed by atoms with Crippen LogP contribution in [0.15, 0.2) is 118 Å². The van der Waals surface area contributed by atoms with Crippen LogP contribution >= 0.6 is 11.3 Å². The summed E-state index contributed by atoms with van der Waals surface area (Å²) in [4.78, 5) is 8.76. The molecule has 0 aliphatic carbocycles. The van der Waals surface area contributed by atoms with Crippen LogP contribution in [0.5, 0.6) is 0 Å². The van der Waals surface area contributed by atoms with E-state index in [2.05, 4.69) is 19.4 Å². The van der Waals surface area contributed by atoms with Crippen molar-refractivity contribution < 1.29 is 16.8 Å². The number of pyridine rings is 2. The van der Waals surface area contributed by atoms with Gasteiger partial charge in [-0.05, 0) is 65.0 Å². The standard InChI is InChI=1S/C28H20N4O4S3/c33-38(34,31-24-8-1-5-20-6-2-14-29-27(20)24)23-12-10-19(11-13-23)22-17-21-7-3-15-30-28(21)25(18-22)32-39(35,36)26-9-4-16-37-26/h1-18,31-32H. The van der Waals surface area contributed by atoms with E-state index in [9.17, 15) is 16.8 Å². The van der Waals surface area contributed by atoms with Crippen molar-refractivity contribution in [2.24, 2.45) is 0 Å². The lowest BCUT2D eigenvalue weighted by atomic mass is 10.0. The zero-order chi connectivity index (χ0) is 27.0. The maximum Gasteiger partial charge on any atom is 0.271 e. The highest BCUT2D eigenvalue weighted by molar-refractivity contribution is 7.94. The number of sulfonamides is 2. The lowest BCUT2D eigenvalue weighted by Crippen LogP contribution is -2.13. The molecule has 0 atom stereocenters. The Morgan fingerprint density at radius 1 is 0.590 bits per heavy atom.